The first-order chi connectivity index (χ1) is 10.5. The molecule has 0 unspecified atom stereocenters. The van der Waals surface area contributed by atoms with E-state index < -0.39 is 8.32 Å². The van der Waals surface area contributed by atoms with Crippen molar-refractivity contribution in [3.8, 4) is 11.5 Å². The molecule has 0 aliphatic rings. The second-order valence-electron chi connectivity index (χ2n) is 7.97. The second kappa shape index (κ2) is 7.71. The summed E-state index contributed by atoms with van der Waals surface area (Å²) in [6.07, 6.45) is 0. The van der Waals surface area contributed by atoms with Gasteiger partial charge in [0.15, 0.2) is 0 Å². The Morgan fingerprint density at radius 1 is 1.00 bits per heavy atom. The van der Waals surface area contributed by atoms with Crippen LogP contribution in [0.25, 0.3) is 0 Å². The van der Waals surface area contributed by atoms with E-state index in [4.69, 9.17) is 9.16 Å². The zero-order chi connectivity index (χ0) is 17.8. The molecule has 132 valence electrons. The van der Waals surface area contributed by atoms with Gasteiger partial charge in [0.1, 0.15) is 18.1 Å². The fourth-order valence-electron chi connectivity index (χ4n) is 3.69. The van der Waals surface area contributed by atoms with E-state index in [2.05, 4.69) is 55.4 Å². The van der Waals surface area contributed by atoms with E-state index in [9.17, 15) is 5.11 Å². The van der Waals surface area contributed by atoms with Crippen molar-refractivity contribution in [1.82, 2.24) is 0 Å². The lowest BCUT2D eigenvalue weighted by Crippen LogP contribution is -2.54. The normalized spacial score (nSPS) is 13.2. The van der Waals surface area contributed by atoms with Crippen molar-refractivity contribution in [2.24, 2.45) is 0 Å². The van der Waals surface area contributed by atoms with Crippen LogP contribution in [0.4, 0.5) is 0 Å². The van der Waals surface area contributed by atoms with Gasteiger partial charge in [-0.25, -0.2) is 0 Å². The molecule has 3 nitrogen and oxygen atoms in total. The summed E-state index contributed by atoms with van der Waals surface area (Å²) in [4.78, 5) is 0. The predicted molar refractivity (Wildman–Crippen MR) is 99.8 cm³/mol. The number of phenolic OH excluding ortho intramolecular Hbond substituents is 1. The lowest BCUT2D eigenvalue weighted by Gasteiger charge is -2.47. The average molecular weight is 339 g/mol. The molecule has 0 atom stereocenters. The molecule has 0 bridgehead atoms. The van der Waals surface area contributed by atoms with Gasteiger partial charge in [-0.3, -0.25) is 0 Å². The molecular weight excluding hydrogens is 304 g/mol. The number of hydrogen-bond acceptors (Lipinski definition) is 3. The molecule has 0 amide bonds. The van der Waals surface area contributed by atoms with E-state index in [1.165, 1.54) is 0 Å². The highest BCUT2D eigenvalue weighted by molar-refractivity contribution is 6.77. The van der Waals surface area contributed by atoms with Crippen LogP contribution >= 0.6 is 0 Å². The van der Waals surface area contributed by atoms with Crippen LogP contribution in [0.1, 0.15) is 55.4 Å². The van der Waals surface area contributed by atoms with Crippen LogP contribution in [-0.2, 0) is 4.43 Å². The Morgan fingerprint density at radius 2 is 1.52 bits per heavy atom. The van der Waals surface area contributed by atoms with E-state index in [0.717, 1.165) is 0 Å². The zero-order valence-corrected chi connectivity index (χ0v) is 17.0. The maximum Gasteiger partial charge on any atom is 0.201 e. The van der Waals surface area contributed by atoms with E-state index in [0.29, 0.717) is 29.0 Å². The average Bonchev–Trinajstić information content (AvgIpc) is 2.42. The molecule has 0 saturated heterocycles. The van der Waals surface area contributed by atoms with Gasteiger partial charge in [0, 0.05) is 6.07 Å². The van der Waals surface area contributed by atoms with Crippen LogP contribution < -0.4 is 4.74 Å². The van der Waals surface area contributed by atoms with Crippen molar-refractivity contribution in [3.63, 3.8) is 0 Å². The molecule has 1 N–H and O–H groups in total. The van der Waals surface area contributed by atoms with E-state index in [1.54, 1.807) is 18.2 Å². The topological polar surface area (TPSA) is 38.7 Å². The van der Waals surface area contributed by atoms with Crippen molar-refractivity contribution in [2.45, 2.75) is 77.6 Å². The number of aromatic hydroxyl groups is 1. The minimum absolute atomic E-state index is 0.219. The second-order valence-corrected chi connectivity index (χ2v) is 13.3. The standard InChI is InChI=1S/C19H34O3Si/c1-14(2)23(15(3)4,16(5)6)22-19(7,8)13-21-18-11-9-10-17(20)12-18/h9-12,14-16,20H,13H2,1-8H3. The van der Waals surface area contributed by atoms with Crippen LogP contribution in [0.3, 0.4) is 0 Å². The summed E-state index contributed by atoms with van der Waals surface area (Å²) >= 11 is 0. The van der Waals surface area contributed by atoms with Crippen LogP contribution in [0.2, 0.25) is 16.6 Å². The van der Waals surface area contributed by atoms with Gasteiger partial charge in [-0.05, 0) is 42.6 Å². The molecule has 0 aliphatic carbocycles. The molecule has 1 aromatic rings. The van der Waals surface area contributed by atoms with Gasteiger partial charge in [0.2, 0.25) is 8.32 Å². The Bertz CT molecular complexity index is 473. The first-order valence-corrected chi connectivity index (χ1v) is 10.8. The van der Waals surface area contributed by atoms with E-state index in [-0.39, 0.29) is 11.4 Å². The number of ether oxygens (including phenoxy) is 1. The van der Waals surface area contributed by atoms with Gasteiger partial charge >= 0.3 is 0 Å². The quantitative estimate of drug-likeness (QED) is 0.614. The first-order valence-electron chi connectivity index (χ1n) is 8.63. The molecule has 0 saturated carbocycles. The highest BCUT2D eigenvalue weighted by atomic mass is 28.4. The Labute approximate surface area is 143 Å². The van der Waals surface area contributed by atoms with Crippen molar-refractivity contribution in [3.05, 3.63) is 24.3 Å². The monoisotopic (exact) mass is 338 g/mol. The van der Waals surface area contributed by atoms with Crippen LogP contribution in [0.5, 0.6) is 11.5 Å². The third-order valence-corrected chi connectivity index (χ3v) is 10.9. The summed E-state index contributed by atoms with van der Waals surface area (Å²) in [6, 6.07) is 6.92. The third kappa shape index (κ3) is 4.98. The molecule has 1 rings (SSSR count). The summed E-state index contributed by atoms with van der Waals surface area (Å²) in [5, 5.41) is 9.54. The molecule has 4 heteroatoms. The fraction of sp³-hybridized carbons (Fsp3) is 0.684. The molecule has 23 heavy (non-hydrogen) atoms. The van der Waals surface area contributed by atoms with Gasteiger partial charge in [0.25, 0.3) is 0 Å². The van der Waals surface area contributed by atoms with Crippen molar-refractivity contribution >= 4 is 8.32 Å². The van der Waals surface area contributed by atoms with Crippen molar-refractivity contribution < 1.29 is 14.3 Å². The largest absolute Gasteiger partial charge is 0.508 e. The molecule has 1 aromatic carbocycles. The Morgan fingerprint density at radius 3 is 1.96 bits per heavy atom. The molecule has 0 aliphatic heterocycles. The number of phenols is 1. The summed E-state index contributed by atoms with van der Waals surface area (Å²) in [5.74, 6) is 0.893. The summed E-state index contributed by atoms with van der Waals surface area (Å²) < 4.78 is 12.7. The highest BCUT2D eigenvalue weighted by Gasteiger charge is 2.48. The molecule has 0 fully saturated rings. The molecule has 0 spiro atoms. The lowest BCUT2D eigenvalue weighted by molar-refractivity contribution is 0.0353. The summed E-state index contributed by atoms with van der Waals surface area (Å²) in [6.45, 7) is 18.4. The van der Waals surface area contributed by atoms with Crippen molar-refractivity contribution in [2.75, 3.05) is 6.61 Å². The van der Waals surface area contributed by atoms with Crippen LogP contribution in [0.15, 0.2) is 24.3 Å². The fourth-order valence-corrected chi connectivity index (χ4v) is 9.42. The maximum absolute atomic E-state index is 9.54. The molecular formula is C19H34O3Si. The summed E-state index contributed by atoms with van der Waals surface area (Å²) in [7, 11) is -1.94. The minimum Gasteiger partial charge on any atom is -0.508 e. The first kappa shape index (κ1) is 20.0. The predicted octanol–water partition coefficient (Wildman–Crippen LogP) is 5.74. The van der Waals surface area contributed by atoms with Crippen LogP contribution in [0, 0.1) is 0 Å². The highest BCUT2D eigenvalue weighted by Crippen LogP contribution is 2.44. The van der Waals surface area contributed by atoms with Gasteiger partial charge in [-0.15, -0.1) is 0 Å². The Kier molecular flexibility index (Phi) is 6.72. The zero-order valence-electron chi connectivity index (χ0n) is 16.0. The number of benzene rings is 1. The SMILES string of the molecule is CC(C)[Si](OC(C)(C)COc1cccc(O)c1)(C(C)C)C(C)C. The smallest absolute Gasteiger partial charge is 0.201 e. The van der Waals surface area contributed by atoms with E-state index >= 15 is 0 Å². The van der Waals surface area contributed by atoms with E-state index in [1.807, 2.05) is 6.07 Å². The maximum atomic E-state index is 9.54. The molecule has 0 aromatic heterocycles. The lowest BCUT2D eigenvalue weighted by atomic mass is 10.2. The van der Waals surface area contributed by atoms with Crippen LogP contribution in [-0.4, -0.2) is 25.6 Å². The Hall–Kier alpha value is -1.00. The number of hydrogen-bond donors (Lipinski definition) is 1. The van der Waals surface area contributed by atoms with Gasteiger partial charge < -0.3 is 14.3 Å². The number of rotatable bonds is 8. The Balaban J connectivity index is 2.89. The van der Waals surface area contributed by atoms with Gasteiger partial charge in [-0.2, -0.15) is 0 Å². The third-order valence-electron chi connectivity index (χ3n) is 4.56. The minimum atomic E-state index is -1.94. The molecule has 0 radical (unpaired) electrons. The van der Waals surface area contributed by atoms with Crippen molar-refractivity contribution in [1.29, 1.82) is 0 Å². The van der Waals surface area contributed by atoms with Gasteiger partial charge in [-0.1, -0.05) is 47.6 Å². The summed E-state index contributed by atoms with van der Waals surface area (Å²) in [5.41, 5.74) is 1.27. The van der Waals surface area contributed by atoms with Gasteiger partial charge in [0.05, 0.1) is 5.60 Å². The molecule has 0 heterocycles.